The SMILES string of the molecule is Cc1cc(=O)n2[nH]c(C)c(-c3ccc([N+](=O)[O-])cc3)c2n1. The number of nitro benzene ring substituents is 1. The monoisotopic (exact) mass is 284 g/mol. The predicted molar refractivity (Wildman–Crippen MR) is 77.4 cm³/mol. The van der Waals surface area contributed by atoms with Crippen LogP contribution in [0.25, 0.3) is 16.8 Å². The summed E-state index contributed by atoms with van der Waals surface area (Å²) in [6.45, 7) is 3.59. The first-order valence-electron chi connectivity index (χ1n) is 6.31. The molecule has 7 heteroatoms. The van der Waals surface area contributed by atoms with E-state index in [0.29, 0.717) is 11.3 Å². The zero-order chi connectivity index (χ0) is 15.1. The van der Waals surface area contributed by atoms with E-state index < -0.39 is 4.92 Å². The number of nitrogens with one attached hydrogen (secondary N) is 1. The molecule has 0 spiro atoms. The minimum Gasteiger partial charge on any atom is -0.293 e. The Kier molecular flexibility index (Phi) is 2.83. The number of rotatable bonds is 2. The van der Waals surface area contributed by atoms with Crippen LogP contribution < -0.4 is 5.56 Å². The van der Waals surface area contributed by atoms with Gasteiger partial charge >= 0.3 is 0 Å². The van der Waals surface area contributed by atoms with E-state index in [4.69, 9.17) is 0 Å². The quantitative estimate of drug-likeness (QED) is 0.576. The Hall–Kier alpha value is -2.96. The molecule has 2 aromatic heterocycles. The van der Waals surface area contributed by atoms with E-state index in [1.165, 1.54) is 22.7 Å². The molecule has 21 heavy (non-hydrogen) atoms. The van der Waals surface area contributed by atoms with Crippen LogP contribution in [0.5, 0.6) is 0 Å². The molecular weight excluding hydrogens is 272 g/mol. The van der Waals surface area contributed by atoms with Gasteiger partial charge in [-0.15, -0.1) is 0 Å². The summed E-state index contributed by atoms with van der Waals surface area (Å²) in [5, 5.41) is 13.7. The van der Waals surface area contributed by atoms with Crippen LogP contribution >= 0.6 is 0 Å². The molecule has 0 aliphatic carbocycles. The van der Waals surface area contributed by atoms with Crippen molar-refractivity contribution in [3.05, 3.63) is 62.2 Å². The van der Waals surface area contributed by atoms with E-state index in [0.717, 1.165) is 16.8 Å². The Labute approximate surface area is 119 Å². The van der Waals surface area contributed by atoms with Gasteiger partial charge < -0.3 is 0 Å². The number of hydrogen-bond donors (Lipinski definition) is 1. The summed E-state index contributed by atoms with van der Waals surface area (Å²) < 4.78 is 1.37. The normalized spacial score (nSPS) is 11.0. The van der Waals surface area contributed by atoms with Crippen molar-refractivity contribution in [3.63, 3.8) is 0 Å². The molecule has 0 atom stereocenters. The minimum absolute atomic E-state index is 0.0255. The molecule has 106 valence electrons. The molecule has 0 amide bonds. The summed E-state index contributed by atoms with van der Waals surface area (Å²) in [4.78, 5) is 26.6. The first kappa shape index (κ1) is 13.0. The molecule has 0 bridgehead atoms. The van der Waals surface area contributed by atoms with Crippen molar-refractivity contribution in [3.8, 4) is 11.1 Å². The highest BCUT2D eigenvalue weighted by Crippen LogP contribution is 2.28. The summed E-state index contributed by atoms with van der Waals surface area (Å²) in [5.41, 5.74) is 3.30. The number of aromatic amines is 1. The van der Waals surface area contributed by atoms with Crippen molar-refractivity contribution in [2.45, 2.75) is 13.8 Å². The Morgan fingerprint density at radius 1 is 1.24 bits per heavy atom. The van der Waals surface area contributed by atoms with Crippen LogP contribution in [0.15, 0.2) is 35.1 Å². The van der Waals surface area contributed by atoms with Crippen LogP contribution in [0, 0.1) is 24.0 Å². The Morgan fingerprint density at radius 2 is 1.90 bits per heavy atom. The van der Waals surface area contributed by atoms with E-state index in [-0.39, 0.29) is 11.2 Å². The Balaban J connectivity index is 2.27. The van der Waals surface area contributed by atoms with Gasteiger partial charge in [0.05, 0.1) is 4.92 Å². The van der Waals surface area contributed by atoms with Gasteiger partial charge in [-0.3, -0.25) is 20.0 Å². The first-order valence-corrected chi connectivity index (χ1v) is 6.31. The maximum atomic E-state index is 11.9. The van der Waals surface area contributed by atoms with Gasteiger partial charge in [-0.2, -0.15) is 0 Å². The molecule has 0 aliphatic rings. The maximum Gasteiger partial charge on any atom is 0.272 e. The number of non-ortho nitro benzene ring substituents is 1. The molecule has 0 saturated heterocycles. The van der Waals surface area contributed by atoms with E-state index in [1.807, 2.05) is 6.92 Å². The molecular formula is C14H12N4O3. The number of aryl methyl sites for hydroxylation is 2. The number of nitrogens with zero attached hydrogens (tertiary/aromatic N) is 3. The predicted octanol–water partition coefficient (Wildman–Crippen LogP) is 2.21. The van der Waals surface area contributed by atoms with Crippen LogP contribution in [0.1, 0.15) is 11.4 Å². The summed E-state index contributed by atoms with van der Waals surface area (Å²) in [5.74, 6) is 0. The highest BCUT2D eigenvalue weighted by Gasteiger charge is 2.15. The van der Waals surface area contributed by atoms with Crippen molar-refractivity contribution in [1.82, 2.24) is 14.6 Å². The third-order valence-electron chi connectivity index (χ3n) is 3.29. The highest BCUT2D eigenvalue weighted by atomic mass is 16.6. The lowest BCUT2D eigenvalue weighted by atomic mass is 10.1. The summed E-state index contributed by atoms with van der Waals surface area (Å²) in [6.07, 6.45) is 0. The zero-order valence-corrected chi connectivity index (χ0v) is 11.5. The van der Waals surface area contributed by atoms with Gasteiger partial charge in [0.25, 0.3) is 11.2 Å². The van der Waals surface area contributed by atoms with E-state index in [2.05, 4.69) is 10.1 Å². The van der Waals surface area contributed by atoms with Crippen molar-refractivity contribution in [2.75, 3.05) is 0 Å². The number of benzene rings is 1. The molecule has 1 N–H and O–H groups in total. The zero-order valence-electron chi connectivity index (χ0n) is 11.5. The van der Waals surface area contributed by atoms with E-state index >= 15 is 0 Å². The average Bonchev–Trinajstić information content (AvgIpc) is 2.75. The van der Waals surface area contributed by atoms with Gasteiger partial charge in [0, 0.05) is 35.2 Å². The standard InChI is InChI=1S/C14H12N4O3/c1-8-7-12(19)17-14(15-8)13(9(2)16-17)10-3-5-11(6-4-10)18(20)21/h3-7,16H,1-2H3. The number of nitro groups is 1. The lowest BCUT2D eigenvalue weighted by Crippen LogP contribution is -2.14. The Morgan fingerprint density at radius 3 is 2.52 bits per heavy atom. The van der Waals surface area contributed by atoms with Crippen LogP contribution in [-0.4, -0.2) is 19.5 Å². The van der Waals surface area contributed by atoms with Gasteiger partial charge in [0.2, 0.25) is 0 Å². The number of hydrogen-bond acceptors (Lipinski definition) is 4. The molecule has 0 aliphatic heterocycles. The average molecular weight is 284 g/mol. The maximum absolute atomic E-state index is 11.9. The fraction of sp³-hybridized carbons (Fsp3) is 0.143. The third kappa shape index (κ3) is 2.08. The molecule has 0 saturated carbocycles. The number of fused-ring (bicyclic) bond motifs is 1. The second-order valence-corrected chi connectivity index (χ2v) is 4.81. The van der Waals surface area contributed by atoms with Gasteiger partial charge in [0.15, 0.2) is 5.65 Å². The smallest absolute Gasteiger partial charge is 0.272 e. The van der Waals surface area contributed by atoms with Crippen molar-refractivity contribution in [1.29, 1.82) is 0 Å². The number of H-pyrrole nitrogens is 1. The fourth-order valence-corrected chi connectivity index (χ4v) is 2.36. The van der Waals surface area contributed by atoms with E-state index in [1.54, 1.807) is 19.1 Å². The second-order valence-electron chi connectivity index (χ2n) is 4.81. The summed E-state index contributed by atoms with van der Waals surface area (Å²) in [6, 6.07) is 7.63. The number of aromatic nitrogens is 3. The van der Waals surface area contributed by atoms with Crippen molar-refractivity contribution < 1.29 is 4.92 Å². The van der Waals surface area contributed by atoms with Gasteiger partial charge in [0.1, 0.15) is 0 Å². The second kappa shape index (κ2) is 4.55. The largest absolute Gasteiger partial charge is 0.293 e. The molecule has 2 heterocycles. The topological polar surface area (TPSA) is 93.3 Å². The first-order chi connectivity index (χ1) is 9.97. The van der Waals surface area contributed by atoms with Crippen LogP contribution in [0.4, 0.5) is 5.69 Å². The Bertz CT molecular complexity index is 906. The van der Waals surface area contributed by atoms with Crippen LogP contribution in [0.3, 0.4) is 0 Å². The highest BCUT2D eigenvalue weighted by molar-refractivity contribution is 5.80. The van der Waals surface area contributed by atoms with Crippen molar-refractivity contribution >= 4 is 11.3 Å². The van der Waals surface area contributed by atoms with Crippen molar-refractivity contribution in [2.24, 2.45) is 0 Å². The third-order valence-corrected chi connectivity index (χ3v) is 3.29. The molecule has 0 radical (unpaired) electrons. The van der Waals surface area contributed by atoms with Crippen LogP contribution in [0.2, 0.25) is 0 Å². The van der Waals surface area contributed by atoms with Gasteiger partial charge in [-0.1, -0.05) is 0 Å². The molecule has 1 aromatic carbocycles. The van der Waals surface area contributed by atoms with Crippen LogP contribution in [-0.2, 0) is 0 Å². The molecule has 0 fully saturated rings. The van der Waals surface area contributed by atoms with Gasteiger partial charge in [-0.25, -0.2) is 9.50 Å². The summed E-state index contributed by atoms with van der Waals surface area (Å²) in [7, 11) is 0. The van der Waals surface area contributed by atoms with E-state index in [9.17, 15) is 14.9 Å². The fourth-order valence-electron chi connectivity index (χ4n) is 2.36. The molecule has 0 unspecified atom stereocenters. The lowest BCUT2D eigenvalue weighted by Gasteiger charge is -2.01. The molecule has 3 aromatic rings. The molecule has 7 nitrogen and oxygen atoms in total. The minimum atomic E-state index is -0.446. The van der Waals surface area contributed by atoms with Gasteiger partial charge in [-0.05, 0) is 31.5 Å². The summed E-state index contributed by atoms with van der Waals surface area (Å²) >= 11 is 0. The lowest BCUT2D eigenvalue weighted by molar-refractivity contribution is -0.384. The molecule has 3 rings (SSSR count).